The molecule has 1 aliphatic rings. The number of pyridine rings is 1. The Labute approximate surface area is 196 Å². The van der Waals surface area contributed by atoms with Crippen LogP contribution in [0.4, 0.5) is 0 Å². The molecule has 31 heavy (non-hydrogen) atoms. The molecule has 0 spiro atoms. The quantitative estimate of drug-likeness (QED) is 0.577. The zero-order valence-electron chi connectivity index (χ0n) is 17.0. The molecule has 4 rings (SSSR count). The highest BCUT2D eigenvalue weighted by Gasteiger charge is 2.26. The SMILES string of the molecule is NC(Cc1ccc(-c2ccc(Cl)cc2Cl)s1)C(=O)N1CCN(Cc2ccncc2)CC1. The Hall–Kier alpha value is -1.96. The summed E-state index contributed by atoms with van der Waals surface area (Å²) in [4.78, 5) is 23.3. The molecule has 1 unspecified atom stereocenters. The maximum atomic E-state index is 12.9. The van der Waals surface area contributed by atoms with E-state index in [1.807, 2.05) is 53.7 Å². The summed E-state index contributed by atoms with van der Waals surface area (Å²) >= 11 is 13.9. The van der Waals surface area contributed by atoms with E-state index in [1.165, 1.54) is 5.56 Å². The van der Waals surface area contributed by atoms with Gasteiger partial charge in [-0.2, -0.15) is 0 Å². The van der Waals surface area contributed by atoms with E-state index in [2.05, 4.69) is 9.88 Å². The molecule has 1 aliphatic heterocycles. The molecule has 2 aromatic heterocycles. The van der Waals surface area contributed by atoms with Gasteiger partial charge < -0.3 is 10.6 Å². The molecule has 0 saturated carbocycles. The van der Waals surface area contributed by atoms with Crippen molar-refractivity contribution in [1.82, 2.24) is 14.8 Å². The third kappa shape index (κ3) is 5.64. The molecular formula is C23H24Cl2N4OS. The molecule has 0 aliphatic carbocycles. The lowest BCUT2D eigenvalue weighted by Gasteiger charge is -2.35. The van der Waals surface area contributed by atoms with Gasteiger partial charge in [-0.1, -0.05) is 29.3 Å². The van der Waals surface area contributed by atoms with Crippen LogP contribution in [0.2, 0.25) is 10.0 Å². The minimum absolute atomic E-state index is 0.0167. The van der Waals surface area contributed by atoms with Crippen molar-refractivity contribution in [3.63, 3.8) is 0 Å². The van der Waals surface area contributed by atoms with Crippen molar-refractivity contribution >= 4 is 40.4 Å². The molecule has 1 atom stereocenters. The van der Waals surface area contributed by atoms with Gasteiger partial charge in [-0.05, 0) is 42.0 Å². The molecule has 0 radical (unpaired) electrons. The Bertz CT molecular complexity index is 1040. The van der Waals surface area contributed by atoms with Gasteiger partial charge in [-0.15, -0.1) is 11.3 Å². The molecule has 1 fully saturated rings. The molecule has 162 valence electrons. The number of aromatic nitrogens is 1. The zero-order valence-corrected chi connectivity index (χ0v) is 19.3. The van der Waals surface area contributed by atoms with Crippen LogP contribution in [0.15, 0.2) is 54.9 Å². The summed E-state index contributed by atoms with van der Waals surface area (Å²) in [6, 6.07) is 13.0. The number of halogens is 2. The second-order valence-electron chi connectivity index (χ2n) is 7.66. The van der Waals surface area contributed by atoms with Crippen molar-refractivity contribution in [3.8, 4) is 10.4 Å². The Morgan fingerprint density at radius 3 is 2.52 bits per heavy atom. The summed E-state index contributed by atoms with van der Waals surface area (Å²) in [5.74, 6) is 0.0167. The third-order valence-electron chi connectivity index (χ3n) is 5.44. The number of piperazine rings is 1. The number of amides is 1. The fraction of sp³-hybridized carbons (Fsp3) is 0.304. The first kappa shape index (κ1) is 22.2. The van der Waals surface area contributed by atoms with Crippen LogP contribution in [0.5, 0.6) is 0 Å². The van der Waals surface area contributed by atoms with Gasteiger partial charge >= 0.3 is 0 Å². The van der Waals surface area contributed by atoms with Crippen LogP contribution in [-0.2, 0) is 17.8 Å². The smallest absolute Gasteiger partial charge is 0.239 e. The van der Waals surface area contributed by atoms with Crippen LogP contribution in [0.25, 0.3) is 10.4 Å². The van der Waals surface area contributed by atoms with Crippen LogP contribution in [-0.4, -0.2) is 52.9 Å². The van der Waals surface area contributed by atoms with E-state index in [1.54, 1.807) is 17.4 Å². The Morgan fingerprint density at radius 1 is 1.06 bits per heavy atom. The highest BCUT2D eigenvalue weighted by atomic mass is 35.5. The number of nitrogens with zero attached hydrogens (tertiary/aromatic N) is 3. The zero-order chi connectivity index (χ0) is 21.8. The molecule has 1 amide bonds. The molecular weight excluding hydrogens is 451 g/mol. The highest BCUT2D eigenvalue weighted by molar-refractivity contribution is 7.15. The number of hydrogen-bond donors (Lipinski definition) is 1. The van der Waals surface area contributed by atoms with Crippen LogP contribution < -0.4 is 5.73 Å². The number of rotatable bonds is 6. The highest BCUT2D eigenvalue weighted by Crippen LogP contribution is 2.35. The fourth-order valence-electron chi connectivity index (χ4n) is 3.73. The molecule has 0 bridgehead atoms. The van der Waals surface area contributed by atoms with Crippen LogP contribution in [0, 0.1) is 0 Å². The van der Waals surface area contributed by atoms with Crippen molar-refractivity contribution in [2.45, 2.75) is 19.0 Å². The van der Waals surface area contributed by atoms with Gasteiger partial charge in [-0.25, -0.2) is 0 Å². The third-order valence-corrected chi connectivity index (χ3v) is 7.12. The average molecular weight is 475 g/mol. The number of hydrogen-bond acceptors (Lipinski definition) is 5. The second kappa shape index (κ2) is 10.1. The standard InChI is InChI=1S/C23H24Cl2N4OS/c24-17-1-3-19(20(25)13-17)22-4-2-18(31-22)14-21(26)23(30)29-11-9-28(10-12-29)15-16-5-7-27-8-6-16/h1-8,13,21H,9-12,14-15,26H2. The summed E-state index contributed by atoms with van der Waals surface area (Å²) in [6.45, 7) is 3.97. The lowest BCUT2D eigenvalue weighted by Crippen LogP contribution is -2.53. The van der Waals surface area contributed by atoms with Crippen molar-refractivity contribution in [2.75, 3.05) is 26.2 Å². The first-order valence-electron chi connectivity index (χ1n) is 10.2. The van der Waals surface area contributed by atoms with E-state index in [9.17, 15) is 4.79 Å². The Kier molecular flexibility index (Phi) is 7.25. The predicted molar refractivity (Wildman–Crippen MR) is 128 cm³/mol. The largest absolute Gasteiger partial charge is 0.339 e. The monoisotopic (exact) mass is 474 g/mol. The maximum absolute atomic E-state index is 12.9. The molecule has 1 aromatic carbocycles. The number of carbonyl (C=O) groups is 1. The fourth-order valence-corrected chi connectivity index (χ4v) is 5.40. The predicted octanol–water partition coefficient (Wildman–Crippen LogP) is 4.33. The maximum Gasteiger partial charge on any atom is 0.239 e. The number of nitrogens with two attached hydrogens (primary N) is 1. The lowest BCUT2D eigenvalue weighted by molar-refractivity contribution is -0.134. The van der Waals surface area contributed by atoms with Gasteiger partial charge in [0.2, 0.25) is 5.91 Å². The van der Waals surface area contributed by atoms with E-state index >= 15 is 0 Å². The first-order valence-corrected chi connectivity index (χ1v) is 11.8. The van der Waals surface area contributed by atoms with Crippen molar-refractivity contribution in [1.29, 1.82) is 0 Å². The molecule has 2 N–H and O–H groups in total. The topological polar surface area (TPSA) is 62.5 Å². The summed E-state index contributed by atoms with van der Waals surface area (Å²) in [6.07, 6.45) is 4.14. The minimum atomic E-state index is -0.543. The molecule has 5 nitrogen and oxygen atoms in total. The Balaban J connectivity index is 1.31. The van der Waals surface area contributed by atoms with Gasteiger partial charge in [0.15, 0.2) is 0 Å². The minimum Gasteiger partial charge on any atom is -0.339 e. The van der Waals surface area contributed by atoms with Gasteiger partial charge in [0.25, 0.3) is 0 Å². The van der Waals surface area contributed by atoms with Gasteiger partial charge in [-0.3, -0.25) is 14.7 Å². The first-order chi connectivity index (χ1) is 15.0. The molecule has 3 aromatic rings. The van der Waals surface area contributed by atoms with Crippen LogP contribution in [0.1, 0.15) is 10.4 Å². The van der Waals surface area contributed by atoms with Crippen molar-refractivity contribution in [2.24, 2.45) is 5.73 Å². The van der Waals surface area contributed by atoms with Gasteiger partial charge in [0, 0.05) is 71.9 Å². The van der Waals surface area contributed by atoms with E-state index in [4.69, 9.17) is 28.9 Å². The number of thiophene rings is 1. The molecule has 8 heteroatoms. The summed E-state index contributed by atoms with van der Waals surface area (Å²) in [5.41, 5.74) is 8.46. The molecule has 3 heterocycles. The van der Waals surface area contributed by atoms with Gasteiger partial charge in [0.05, 0.1) is 11.1 Å². The van der Waals surface area contributed by atoms with Crippen LogP contribution in [0.3, 0.4) is 0 Å². The van der Waals surface area contributed by atoms with Crippen molar-refractivity contribution in [3.05, 3.63) is 75.3 Å². The van der Waals surface area contributed by atoms with Crippen molar-refractivity contribution < 1.29 is 4.79 Å². The van der Waals surface area contributed by atoms with E-state index in [0.717, 1.165) is 35.0 Å². The number of benzene rings is 1. The van der Waals surface area contributed by atoms with Gasteiger partial charge in [0.1, 0.15) is 0 Å². The normalized spacial score (nSPS) is 15.8. The van der Waals surface area contributed by atoms with E-state index < -0.39 is 6.04 Å². The summed E-state index contributed by atoms with van der Waals surface area (Å²) < 4.78 is 0. The average Bonchev–Trinajstić information content (AvgIpc) is 3.22. The summed E-state index contributed by atoms with van der Waals surface area (Å²) in [7, 11) is 0. The molecule has 1 saturated heterocycles. The van der Waals surface area contributed by atoms with Crippen LogP contribution >= 0.6 is 34.5 Å². The second-order valence-corrected chi connectivity index (χ2v) is 9.67. The van der Waals surface area contributed by atoms with E-state index in [-0.39, 0.29) is 5.91 Å². The summed E-state index contributed by atoms with van der Waals surface area (Å²) in [5, 5.41) is 1.23. The van der Waals surface area contributed by atoms with E-state index in [0.29, 0.717) is 29.6 Å². The lowest BCUT2D eigenvalue weighted by atomic mass is 10.1. The number of carbonyl (C=O) groups excluding carboxylic acids is 1. The Morgan fingerprint density at radius 2 is 1.81 bits per heavy atom.